The fourth-order valence-corrected chi connectivity index (χ4v) is 3.95. The fraction of sp³-hybridized carbons (Fsp3) is 0.0909. The highest BCUT2D eigenvalue weighted by Gasteiger charge is 2.42. The summed E-state index contributed by atoms with van der Waals surface area (Å²) in [5.41, 5.74) is 2.55. The van der Waals surface area contributed by atoms with Crippen LogP contribution in [0.5, 0.6) is 6.01 Å². The van der Waals surface area contributed by atoms with Crippen molar-refractivity contribution >= 4 is 22.6 Å². The van der Waals surface area contributed by atoms with Gasteiger partial charge in [-0.25, -0.2) is 0 Å². The monoisotopic (exact) mass is 467 g/mol. The Bertz CT molecular complexity index is 921. The fourth-order valence-electron chi connectivity index (χ4n) is 3.53. The molecule has 0 radical (unpaired) electrons. The summed E-state index contributed by atoms with van der Waals surface area (Å²) in [5, 5.41) is 4.75. The highest BCUT2D eigenvalue weighted by Crippen LogP contribution is 2.42. The minimum Gasteiger partial charge on any atom is -0.467 e. The van der Waals surface area contributed by atoms with Crippen LogP contribution in [0.3, 0.4) is 0 Å². The number of methoxy groups -OCH3 is 1. The molecule has 3 aromatic carbocycles. The Morgan fingerprint density at radius 3 is 1.52 bits per heavy atom. The second-order valence-electron chi connectivity index (χ2n) is 6.09. The molecule has 0 saturated heterocycles. The SMILES string of the molecule is COc1nc(I)nn1C(c1ccccc1)(c1ccccc1)c1ccccc1. The molecule has 0 atom stereocenters. The quantitative estimate of drug-likeness (QED) is 0.315. The van der Waals surface area contributed by atoms with Gasteiger partial charge >= 0.3 is 6.01 Å². The van der Waals surface area contributed by atoms with E-state index in [0.717, 1.165) is 16.7 Å². The van der Waals surface area contributed by atoms with Crippen molar-refractivity contribution in [1.29, 1.82) is 0 Å². The van der Waals surface area contributed by atoms with Gasteiger partial charge in [-0.15, -0.1) is 5.10 Å². The zero-order chi connectivity index (χ0) is 18.7. The van der Waals surface area contributed by atoms with Crippen LogP contribution in [-0.2, 0) is 5.54 Å². The van der Waals surface area contributed by atoms with Gasteiger partial charge in [0.25, 0.3) is 0 Å². The molecule has 0 aliphatic carbocycles. The summed E-state index contributed by atoms with van der Waals surface area (Å²) in [6.45, 7) is 0. The number of benzene rings is 3. The van der Waals surface area contributed by atoms with Crippen molar-refractivity contribution in [3.05, 3.63) is 112 Å². The Balaban J connectivity index is 2.16. The summed E-state index contributed by atoms with van der Waals surface area (Å²) in [7, 11) is 1.63. The molecule has 1 aromatic heterocycles. The summed E-state index contributed by atoms with van der Waals surface area (Å²) in [4.78, 5) is 4.49. The Labute approximate surface area is 172 Å². The average molecular weight is 467 g/mol. The lowest BCUT2D eigenvalue weighted by Crippen LogP contribution is -2.39. The van der Waals surface area contributed by atoms with Crippen LogP contribution in [-0.4, -0.2) is 21.9 Å². The topological polar surface area (TPSA) is 39.9 Å². The Morgan fingerprint density at radius 1 is 0.741 bits per heavy atom. The normalized spacial score (nSPS) is 11.3. The second-order valence-corrected chi connectivity index (χ2v) is 7.05. The minimum atomic E-state index is -0.703. The highest BCUT2D eigenvalue weighted by atomic mass is 127. The predicted octanol–water partition coefficient (Wildman–Crippen LogP) is 4.73. The van der Waals surface area contributed by atoms with Crippen LogP contribution in [0.2, 0.25) is 0 Å². The van der Waals surface area contributed by atoms with Gasteiger partial charge in [-0.2, -0.15) is 9.67 Å². The lowest BCUT2D eigenvalue weighted by atomic mass is 9.77. The van der Waals surface area contributed by atoms with Crippen molar-refractivity contribution < 1.29 is 4.74 Å². The van der Waals surface area contributed by atoms with Gasteiger partial charge in [0, 0.05) is 22.6 Å². The highest BCUT2D eigenvalue weighted by molar-refractivity contribution is 14.1. The first kappa shape index (κ1) is 17.7. The predicted molar refractivity (Wildman–Crippen MR) is 114 cm³/mol. The maximum Gasteiger partial charge on any atom is 0.316 e. The summed E-state index contributed by atoms with van der Waals surface area (Å²) in [6, 6.07) is 31.5. The van der Waals surface area contributed by atoms with E-state index in [1.165, 1.54) is 0 Å². The molecule has 0 spiro atoms. The molecule has 0 aliphatic rings. The van der Waals surface area contributed by atoms with E-state index in [-0.39, 0.29) is 0 Å². The number of hydrogen-bond acceptors (Lipinski definition) is 3. The largest absolute Gasteiger partial charge is 0.467 e. The van der Waals surface area contributed by atoms with Gasteiger partial charge in [0.1, 0.15) is 5.54 Å². The van der Waals surface area contributed by atoms with Gasteiger partial charge in [-0.3, -0.25) is 0 Å². The van der Waals surface area contributed by atoms with E-state index in [2.05, 4.69) is 64.0 Å². The molecule has 0 aliphatic heterocycles. The van der Waals surface area contributed by atoms with Crippen LogP contribution in [0, 0.1) is 3.83 Å². The third-order valence-corrected chi connectivity index (χ3v) is 5.08. The van der Waals surface area contributed by atoms with Crippen LogP contribution >= 0.6 is 22.6 Å². The lowest BCUT2D eigenvalue weighted by Gasteiger charge is -2.36. The van der Waals surface area contributed by atoms with Crippen LogP contribution in [0.25, 0.3) is 0 Å². The van der Waals surface area contributed by atoms with Crippen LogP contribution in [0.1, 0.15) is 16.7 Å². The maximum absolute atomic E-state index is 5.62. The summed E-state index contributed by atoms with van der Waals surface area (Å²) >= 11 is 2.12. The molecule has 0 N–H and O–H groups in total. The molecule has 134 valence electrons. The van der Waals surface area contributed by atoms with E-state index in [0.29, 0.717) is 9.84 Å². The summed E-state index contributed by atoms with van der Waals surface area (Å²) < 4.78 is 8.14. The molecule has 0 amide bonds. The van der Waals surface area contributed by atoms with Gasteiger partial charge in [0.2, 0.25) is 3.83 Å². The molecular weight excluding hydrogens is 449 g/mol. The zero-order valence-corrected chi connectivity index (χ0v) is 16.9. The van der Waals surface area contributed by atoms with Crippen LogP contribution < -0.4 is 4.74 Å². The Kier molecular flexibility index (Phi) is 4.94. The third-order valence-electron chi connectivity index (χ3n) is 4.63. The first-order chi connectivity index (χ1) is 13.3. The second kappa shape index (κ2) is 7.52. The molecule has 1 heterocycles. The molecule has 0 unspecified atom stereocenters. The van der Waals surface area contributed by atoms with Gasteiger partial charge in [0.05, 0.1) is 7.11 Å². The van der Waals surface area contributed by atoms with Gasteiger partial charge < -0.3 is 4.74 Å². The van der Waals surface area contributed by atoms with Crippen molar-refractivity contribution in [2.75, 3.05) is 7.11 Å². The maximum atomic E-state index is 5.62. The van der Waals surface area contributed by atoms with E-state index in [4.69, 9.17) is 9.84 Å². The zero-order valence-electron chi connectivity index (χ0n) is 14.8. The molecular formula is C22H18IN3O. The van der Waals surface area contributed by atoms with Gasteiger partial charge in [-0.05, 0) is 16.7 Å². The Hall–Kier alpha value is -2.67. The number of halogens is 1. The summed E-state index contributed by atoms with van der Waals surface area (Å²) in [6.07, 6.45) is 0. The van der Waals surface area contributed by atoms with E-state index in [1.807, 2.05) is 59.3 Å². The van der Waals surface area contributed by atoms with Crippen molar-refractivity contribution in [2.45, 2.75) is 5.54 Å². The first-order valence-corrected chi connectivity index (χ1v) is 9.68. The average Bonchev–Trinajstić information content (AvgIpc) is 3.12. The third kappa shape index (κ3) is 3.02. The van der Waals surface area contributed by atoms with Gasteiger partial charge in [-0.1, -0.05) is 91.0 Å². The van der Waals surface area contributed by atoms with E-state index < -0.39 is 5.54 Å². The number of hydrogen-bond donors (Lipinski definition) is 0. The van der Waals surface area contributed by atoms with Crippen molar-refractivity contribution in [2.24, 2.45) is 0 Å². The molecule has 4 rings (SSSR count). The molecule has 5 heteroatoms. The standard InChI is InChI=1S/C22H18IN3O/c1-27-21-24-20(23)25-26(21)22(17-11-5-2-6-12-17,18-13-7-3-8-14-18)19-15-9-4-10-16-19/h2-16H,1H3. The summed E-state index contributed by atoms with van der Waals surface area (Å²) in [5.74, 6) is 0. The molecule has 4 aromatic rings. The van der Waals surface area contributed by atoms with E-state index >= 15 is 0 Å². The first-order valence-electron chi connectivity index (χ1n) is 8.60. The van der Waals surface area contributed by atoms with E-state index in [9.17, 15) is 0 Å². The number of rotatable bonds is 5. The lowest BCUT2D eigenvalue weighted by molar-refractivity contribution is 0.315. The smallest absolute Gasteiger partial charge is 0.316 e. The van der Waals surface area contributed by atoms with Crippen LogP contribution in [0.4, 0.5) is 0 Å². The number of aromatic nitrogens is 3. The van der Waals surface area contributed by atoms with Crippen molar-refractivity contribution in [1.82, 2.24) is 14.8 Å². The van der Waals surface area contributed by atoms with Gasteiger partial charge in [0.15, 0.2) is 0 Å². The molecule has 0 saturated carbocycles. The molecule has 0 bridgehead atoms. The molecule has 4 nitrogen and oxygen atoms in total. The number of ether oxygens (including phenoxy) is 1. The van der Waals surface area contributed by atoms with Crippen molar-refractivity contribution in [3.8, 4) is 6.01 Å². The number of nitrogens with zero attached hydrogens (tertiary/aromatic N) is 3. The molecule has 27 heavy (non-hydrogen) atoms. The van der Waals surface area contributed by atoms with Crippen LogP contribution in [0.15, 0.2) is 91.0 Å². The van der Waals surface area contributed by atoms with Crippen molar-refractivity contribution in [3.63, 3.8) is 0 Å². The molecule has 0 fully saturated rings. The minimum absolute atomic E-state index is 0.468. The van der Waals surface area contributed by atoms with E-state index in [1.54, 1.807) is 7.11 Å². The Morgan fingerprint density at radius 2 is 1.15 bits per heavy atom.